The van der Waals surface area contributed by atoms with Crippen LogP contribution >= 0.6 is 11.3 Å². The summed E-state index contributed by atoms with van der Waals surface area (Å²) >= 11 is 1.24. The number of carbonyl (C=O) groups is 1. The van der Waals surface area contributed by atoms with Gasteiger partial charge < -0.3 is 4.74 Å². The van der Waals surface area contributed by atoms with E-state index < -0.39 is 12.1 Å². The zero-order chi connectivity index (χ0) is 10.4. The first-order valence-corrected chi connectivity index (χ1v) is 5.29. The Bertz CT molecular complexity index is 274. The molecule has 1 heterocycles. The Morgan fingerprint density at radius 1 is 1.79 bits per heavy atom. The van der Waals surface area contributed by atoms with E-state index in [1.165, 1.54) is 18.3 Å². The standard InChI is InChI=1S/C9H12FNO2S/c1-7(10)3-2-5-13-9(12)8-11-4-6-14-8/h4,6-7H,2-3,5H2,1H3. The number of rotatable bonds is 5. The molecule has 3 nitrogen and oxygen atoms in total. The Labute approximate surface area is 85.9 Å². The molecule has 1 unspecified atom stereocenters. The molecule has 0 saturated heterocycles. The number of carbonyl (C=O) groups excluding carboxylic acids is 1. The van der Waals surface area contributed by atoms with Crippen molar-refractivity contribution in [2.75, 3.05) is 6.61 Å². The van der Waals surface area contributed by atoms with Gasteiger partial charge in [0.1, 0.15) is 0 Å². The monoisotopic (exact) mass is 217 g/mol. The van der Waals surface area contributed by atoms with Crippen molar-refractivity contribution in [2.45, 2.75) is 25.9 Å². The molecule has 0 fully saturated rings. The molecule has 1 aromatic rings. The number of hydrogen-bond donors (Lipinski definition) is 0. The lowest BCUT2D eigenvalue weighted by Gasteiger charge is -2.02. The lowest BCUT2D eigenvalue weighted by Crippen LogP contribution is -2.07. The zero-order valence-electron chi connectivity index (χ0n) is 7.90. The lowest BCUT2D eigenvalue weighted by atomic mass is 10.2. The number of esters is 1. The van der Waals surface area contributed by atoms with E-state index in [-0.39, 0.29) is 6.61 Å². The van der Waals surface area contributed by atoms with Crippen molar-refractivity contribution in [1.29, 1.82) is 0 Å². The van der Waals surface area contributed by atoms with E-state index in [1.807, 2.05) is 0 Å². The fraction of sp³-hybridized carbons (Fsp3) is 0.556. The van der Waals surface area contributed by atoms with Crippen molar-refractivity contribution in [3.63, 3.8) is 0 Å². The number of thiazole rings is 1. The van der Waals surface area contributed by atoms with E-state index in [0.717, 1.165) is 0 Å². The number of alkyl halides is 1. The highest BCUT2D eigenvalue weighted by molar-refractivity contribution is 7.11. The summed E-state index contributed by atoms with van der Waals surface area (Å²) in [4.78, 5) is 15.0. The van der Waals surface area contributed by atoms with Gasteiger partial charge in [0.25, 0.3) is 0 Å². The van der Waals surface area contributed by atoms with Gasteiger partial charge in [-0.15, -0.1) is 11.3 Å². The summed E-state index contributed by atoms with van der Waals surface area (Å²) < 4.78 is 17.2. The Morgan fingerprint density at radius 3 is 3.14 bits per heavy atom. The average molecular weight is 217 g/mol. The molecule has 0 aliphatic rings. The molecule has 0 radical (unpaired) electrons. The Kier molecular flexibility index (Phi) is 4.52. The van der Waals surface area contributed by atoms with Crippen LogP contribution in [0.3, 0.4) is 0 Å². The molecule has 0 N–H and O–H groups in total. The van der Waals surface area contributed by atoms with Crippen LogP contribution in [0.5, 0.6) is 0 Å². The number of aromatic nitrogens is 1. The molecular weight excluding hydrogens is 205 g/mol. The van der Waals surface area contributed by atoms with E-state index in [0.29, 0.717) is 17.8 Å². The highest BCUT2D eigenvalue weighted by atomic mass is 32.1. The zero-order valence-corrected chi connectivity index (χ0v) is 8.72. The van der Waals surface area contributed by atoms with E-state index in [9.17, 15) is 9.18 Å². The molecule has 0 bridgehead atoms. The van der Waals surface area contributed by atoms with E-state index in [2.05, 4.69) is 4.98 Å². The molecule has 0 aliphatic carbocycles. The van der Waals surface area contributed by atoms with Crippen LogP contribution in [0.25, 0.3) is 0 Å². The Balaban J connectivity index is 2.16. The summed E-state index contributed by atoms with van der Waals surface area (Å²) in [6.07, 6.45) is 1.68. The smallest absolute Gasteiger partial charge is 0.367 e. The molecule has 0 amide bonds. The molecule has 0 aliphatic heterocycles. The van der Waals surface area contributed by atoms with Crippen LogP contribution < -0.4 is 0 Å². The van der Waals surface area contributed by atoms with Crippen molar-refractivity contribution in [3.05, 3.63) is 16.6 Å². The molecule has 0 aromatic carbocycles. The van der Waals surface area contributed by atoms with Gasteiger partial charge in [-0.25, -0.2) is 14.2 Å². The fourth-order valence-electron chi connectivity index (χ4n) is 0.915. The maximum Gasteiger partial charge on any atom is 0.367 e. The third-order valence-corrected chi connectivity index (χ3v) is 2.34. The predicted octanol–water partition coefficient (Wildman–Crippen LogP) is 2.44. The largest absolute Gasteiger partial charge is 0.460 e. The van der Waals surface area contributed by atoms with Crippen molar-refractivity contribution >= 4 is 17.3 Å². The number of ether oxygens (including phenoxy) is 1. The van der Waals surface area contributed by atoms with Gasteiger partial charge in [-0.05, 0) is 19.8 Å². The highest BCUT2D eigenvalue weighted by Crippen LogP contribution is 2.07. The van der Waals surface area contributed by atoms with E-state index >= 15 is 0 Å². The van der Waals surface area contributed by atoms with Crippen LogP contribution in [-0.4, -0.2) is 23.7 Å². The second-order valence-corrected chi connectivity index (χ2v) is 3.79. The number of halogens is 1. The van der Waals surface area contributed by atoms with Crippen LogP contribution in [0.1, 0.15) is 29.6 Å². The molecule has 78 valence electrons. The fourth-order valence-corrected chi connectivity index (χ4v) is 1.44. The summed E-state index contributed by atoms with van der Waals surface area (Å²) in [5.74, 6) is -0.425. The second-order valence-electron chi connectivity index (χ2n) is 2.90. The van der Waals surface area contributed by atoms with Crippen LogP contribution in [0.4, 0.5) is 4.39 Å². The van der Waals surface area contributed by atoms with Crippen molar-refractivity contribution in [3.8, 4) is 0 Å². The van der Waals surface area contributed by atoms with Gasteiger partial charge in [0, 0.05) is 11.6 Å². The molecule has 1 aromatic heterocycles. The quantitative estimate of drug-likeness (QED) is 0.561. The van der Waals surface area contributed by atoms with Crippen LogP contribution in [0, 0.1) is 0 Å². The number of nitrogens with zero attached hydrogens (tertiary/aromatic N) is 1. The van der Waals surface area contributed by atoms with Gasteiger partial charge in [-0.1, -0.05) is 0 Å². The molecule has 14 heavy (non-hydrogen) atoms. The van der Waals surface area contributed by atoms with Crippen LogP contribution in [-0.2, 0) is 4.74 Å². The van der Waals surface area contributed by atoms with Gasteiger partial charge in [0.05, 0.1) is 12.8 Å². The lowest BCUT2D eigenvalue weighted by molar-refractivity contribution is 0.0491. The molecular formula is C9H12FNO2S. The molecule has 1 atom stereocenters. The molecule has 1 rings (SSSR count). The third-order valence-electron chi connectivity index (χ3n) is 1.59. The van der Waals surface area contributed by atoms with Crippen molar-refractivity contribution < 1.29 is 13.9 Å². The second kappa shape index (κ2) is 5.70. The Hall–Kier alpha value is -0.970. The average Bonchev–Trinajstić information content (AvgIpc) is 2.64. The van der Waals surface area contributed by atoms with Crippen molar-refractivity contribution in [2.24, 2.45) is 0 Å². The van der Waals surface area contributed by atoms with Gasteiger partial charge in [-0.3, -0.25) is 0 Å². The molecule has 0 spiro atoms. The van der Waals surface area contributed by atoms with Gasteiger partial charge in [0.2, 0.25) is 5.01 Å². The first kappa shape index (κ1) is 11.1. The number of hydrogen-bond acceptors (Lipinski definition) is 4. The SMILES string of the molecule is CC(F)CCCOC(=O)c1nccs1. The highest BCUT2D eigenvalue weighted by Gasteiger charge is 2.09. The topological polar surface area (TPSA) is 39.2 Å². The first-order chi connectivity index (χ1) is 6.70. The summed E-state index contributed by atoms with van der Waals surface area (Å²) in [7, 11) is 0. The van der Waals surface area contributed by atoms with E-state index in [4.69, 9.17) is 4.74 Å². The predicted molar refractivity (Wildman–Crippen MR) is 52.2 cm³/mol. The van der Waals surface area contributed by atoms with Gasteiger partial charge >= 0.3 is 5.97 Å². The minimum absolute atomic E-state index is 0.257. The summed E-state index contributed by atoms with van der Waals surface area (Å²) in [5, 5.41) is 2.05. The minimum Gasteiger partial charge on any atom is -0.460 e. The maximum atomic E-state index is 12.3. The Morgan fingerprint density at radius 2 is 2.57 bits per heavy atom. The third kappa shape index (κ3) is 3.83. The summed E-state index contributed by atoms with van der Waals surface area (Å²) in [6.45, 7) is 1.75. The molecule has 0 saturated carbocycles. The maximum absolute atomic E-state index is 12.3. The normalized spacial score (nSPS) is 12.4. The van der Waals surface area contributed by atoms with Crippen LogP contribution in [0.2, 0.25) is 0 Å². The first-order valence-electron chi connectivity index (χ1n) is 4.41. The van der Waals surface area contributed by atoms with Gasteiger partial charge in [0.15, 0.2) is 0 Å². The van der Waals surface area contributed by atoms with E-state index in [1.54, 1.807) is 11.6 Å². The summed E-state index contributed by atoms with van der Waals surface area (Å²) in [5.41, 5.74) is 0. The minimum atomic E-state index is -0.839. The summed E-state index contributed by atoms with van der Waals surface area (Å²) in [6, 6.07) is 0. The van der Waals surface area contributed by atoms with Crippen LogP contribution in [0.15, 0.2) is 11.6 Å². The molecule has 5 heteroatoms. The van der Waals surface area contributed by atoms with Crippen molar-refractivity contribution in [1.82, 2.24) is 4.98 Å². The van der Waals surface area contributed by atoms with Gasteiger partial charge in [-0.2, -0.15) is 0 Å².